The Morgan fingerprint density at radius 2 is 1.57 bits per heavy atom. The van der Waals surface area contributed by atoms with Gasteiger partial charge in [0.1, 0.15) is 0 Å². The first-order valence-electron chi connectivity index (χ1n) is 8.35. The third-order valence-electron chi connectivity index (χ3n) is 4.92. The summed E-state index contributed by atoms with van der Waals surface area (Å²) in [6, 6.07) is 0. The summed E-state index contributed by atoms with van der Waals surface area (Å²) < 4.78 is 42.5. The van der Waals surface area contributed by atoms with E-state index < -0.39 is 12.3 Å². The lowest BCUT2D eigenvalue weighted by Crippen LogP contribution is -2.37. The Morgan fingerprint density at radius 3 is 2.10 bits per heavy atom. The van der Waals surface area contributed by atoms with Crippen molar-refractivity contribution in [2.45, 2.75) is 70.6 Å². The van der Waals surface area contributed by atoms with Gasteiger partial charge in [0.25, 0.3) is 0 Å². The minimum Gasteiger partial charge on any atom is -0.368 e. The van der Waals surface area contributed by atoms with E-state index in [1.165, 1.54) is 38.5 Å². The maximum atomic E-state index is 12.5. The van der Waals surface area contributed by atoms with Gasteiger partial charge in [0.15, 0.2) is 6.10 Å². The van der Waals surface area contributed by atoms with Crippen LogP contribution in [0.5, 0.6) is 0 Å². The van der Waals surface area contributed by atoms with Gasteiger partial charge in [-0.05, 0) is 50.4 Å². The highest BCUT2D eigenvalue weighted by Crippen LogP contribution is 2.34. The minimum absolute atomic E-state index is 0.0990. The topological polar surface area (TPSA) is 9.23 Å². The smallest absolute Gasteiger partial charge is 0.368 e. The second kappa shape index (κ2) is 7.66. The molecule has 1 aliphatic carbocycles. The highest BCUT2D eigenvalue weighted by Gasteiger charge is 2.42. The van der Waals surface area contributed by atoms with Crippen molar-refractivity contribution in [3.05, 3.63) is 12.2 Å². The molecule has 0 aromatic heterocycles. The third kappa shape index (κ3) is 5.32. The van der Waals surface area contributed by atoms with E-state index in [1.807, 2.05) is 0 Å². The molecule has 1 saturated heterocycles. The van der Waals surface area contributed by atoms with Crippen molar-refractivity contribution < 1.29 is 17.9 Å². The van der Waals surface area contributed by atoms with Gasteiger partial charge in [-0.15, -0.1) is 0 Å². The van der Waals surface area contributed by atoms with Gasteiger partial charge in [0, 0.05) is 5.92 Å². The number of alkyl halides is 3. The van der Waals surface area contributed by atoms with Gasteiger partial charge in [-0.25, -0.2) is 0 Å². The molecule has 0 radical (unpaired) electrons. The van der Waals surface area contributed by atoms with Gasteiger partial charge in [-0.2, -0.15) is 13.2 Å². The van der Waals surface area contributed by atoms with Crippen molar-refractivity contribution in [3.8, 4) is 0 Å². The van der Waals surface area contributed by atoms with Crippen LogP contribution in [0.4, 0.5) is 13.2 Å². The Kier molecular flexibility index (Phi) is 6.15. The summed E-state index contributed by atoms with van der Waals surface area (Å²) in [4.78, 5) is 0. The van der Waals surface area contributed by atoms with Crippen molar-refractivity contribution >= 4 is 0 Å². The lowest BCUT2D eigenvalue weighted by Gasteiger charge is -2.30. The van der Waals surface area contributed by atoms with Crippen LogP contribution in [-0.2, 0) is 4.74 Å². The molecule has 122 valence electrons. The van der Waals surface area contributed by atoms with Gasteiger partial charge in [0.2, 0.25) is 0 Å². The first-order valence-corrected chi connectivity index (χ1v) is 8.35. The molecule has 1 saturated carbocycles. The zero-order valence-electron chi connectivity index (χ0n) is 12.9. The van der Waals surface area contributed by atoms with Crippen LogP contribution in [0.15, 0.2) is 12.2 Å². The molecule has 4 heteroatoms. The van der Waals surface area contributed by atoms with Crippen LogP contribution in [0, 0.1) is 17.8 Å². The second-order valence-electron chi connectivity index (χ2n) is 6.66. The fourth-order valence-corrected chi connectivity index (χ4v) is 3.57. The van der Waals surface area contributed by atoms with E-state index in [0.29, 0.717) is 12.3 Å². The van der Waals surface area contributed by atoms with Gasteiger partial charge < -0.3 is 4.74 Å². The third-order valence-corrected chi connectivity index (χ3v) is 4.92. The molecular formula is C17H27F3O. The van der Waals surface area contributed by atoms with Gasteiger partial charge in [-0.3, -0.25) is 0 Å². The van der Waals surface area contributed by atoms with Crippen molar-refractivity contribution in [2.24, 2.45) is 17.8 Å². The Labute approximate surface area is 125 Å². The van der Waals surface area contributed by atoms with Crippen LogP contribution in [0.3, 0.4) is 0 Å². The van der Waals surface area contributed by atoms with E-state index in [2.05, 4.69) is 19.1 Å². The van der Waals surface area contributed by atoms with E-state index in [1.54, 1.807) is 0 Å². The number of allylic oxidation sites excluding steroid dienone is 1. The number of halogens is 3. The normalized spacial score (nSPS) is 35.2. The Morgan fingerprint density at radius 1 is 0.952 bits per heavy atom. The van der Waals surface area contributed by atoms with E-state index in [9.17, 15) is 13.2 Å². The summed E-state index contributed by atoms with van der Waals surface area (Å²) in [6.45, 7) is 2.45. The summed E-state index contributed by atoms with van der Waals surface area (Å²) in [7, 11) is 0. The molecule has 1 nitrogen and oxygen atoms in total. The molecule has 2 fully saturated rings. The molecule has 1 heterocycles. The molecule has 2 rings (SSSR count). The fraction of sp³-hybridized carbons (Fsp3) is 0.882. The highest BCUT2D eigenvalue weighted by atomic mass is 19.4. The molecule has 0 aromatic rings. The van der Waals surface area contributed by atoms with Crippen molar-refractivity contribution in [1.82, 2.24) is 0 Å². The first-order chi connectivity index (χ1) is 9.99. The summed E-state index contributed by atoms with van der Waals surface area (Å²) >= 11 is 0. The minimum atomic E-state index is -4.20. The van der Waals surface area contributed by atoms with Crippen LogP contribution in [0.2, 0.25) is 0 Å². The average Bonchev–Trinajstić information content (AvgIpc) is 2.46. The van der Waals surface area contributed by atoms with Crippen LogP contribution < -0.4 is 0 Å². The molecule has 0 amide bonds. The predicted molar refractivity (Wildman–Crippen MR) is 78.0 cm³/mol. The van der Waals surface area contributed by atoms with Gasteiger partial charge >= 0.3 is 6.18 Å². The molecule has 1 aliphatic heterocycles. The number of hydrogen-bond donors (Lipinski definition) is 0. The van der Waals surface area contributed by atoms with E-state index >= 15 is 0 Å². The maximum absolute atomic E-state index is 12.5. The zero-order valence-corrected chi connectivity index (χ0v) is 12.9. The van der Waals surface area contributed by atoms with Gasteiger partial charge in [0.05, 0.1) is 6.61 Å². The molecule has 0 spiro atoms. The molecule has 0 aromatic carbocycles. The largest absolute Gasteiger partial charge is 0.414 e. The molecular weight excluding hydrogens is 277 g/mol. The maximum Gasteiger partial charge on any atom is 0.414 e. The Balaban J connectivity index is 1.69. The monoisotopic (exact) mass is 304 g/mol. The van der Waals surface area contributed by atoms with Crippen LogP contribution in [0.25, 0.3) is 0 Å². The van der Waals surface area contributed by atoms with Crippen LogP contribution in [0.1, 0.15) is 58.3 Å². The average molecular weight is 304 g/mol. The summed E-state index contributed by atoms with van der Waals surface area (Å²) in [5.41, 5.74) is 0. The first kappa shape index (κ1) is 16.9. The molecule has 21 heavy (non-hydrogen) atoms. The van der Waals surface area contributed by atoms with E-state index in [0.717, 1.165) is 5.92 Å². The van der Waals surface area contributed by atoms with Crippen molar-refractivity contribution in [2.75, 3.05) is 6.61 Å². The SMILES string of the molecule is CCCC1CCC(/C=C/C2CCC(C(F)(F)F)OC2)CC1. The van der Waals surface area contributed by atoms with Crippen molar-refractivity contribution in [3.63, 3.8) is 0 Å². The summed E-state index contributed by atoms with van der Waals surface area (Å²) in [5, 5.41) is 0. The summed E-state index contributed by atoms with van der Waals surface area (Å²) in [5.74, 6) is 1.68. The number of ether oxygens (including phenoxy) is 1. The molecule has 2 aliphatic rings. The predicted octanol–water partition coefficient (Wildman–Crippen LogP) is 5.51. The Hall–Kier alpha value is -0.510. The number of hydrogen-bond acceptors (Lipinski definition) is 1. The number of rotatable bonds is 4. The van der Waals surface area contributed by atoms with E-state index in [4.69, 9.17) is 4.74 Å². The summed E-state index contributed by atoms with van der Waals surface area (Å²) in [6.07, 6.45) is 6.98. The van der Waals surface area contributed by atoms with Crippen LogP contribution >= 0.6 is 0 Å². The lowest BCUT2D eigenvalue weighted by atomic mass is 9.79. The zero-order chi connectivity index (χ0) is 15.3. The van der Waals surface area contributed by atoms with E-state index in [-0.39, 0.29) is 18.9 Å². The molecule has 2 unspecified atom stereocenters. The standard InChI is InChI=1S/C17H27F3O/c1-2-3-13-4-6-14(7-5-13)8-9-15-10-11-16(21-12-15)17(18,19)20/h8-9,13-16H,2-7,10-12H2,1H3/b9-8+. The quantitative estimate of drug-likeness (QED) is 0.623. The Bertz CT molecular complexity index is 321. The molecule has 0 bridgehead atoms. The van der Waals surface area contributed by atoms with Crippen LogP contribution in [-0.4, -0.2) is 18.9 Å². The fourth-order valence-electron chi connectivity index (χ4n) is 3.57. The lowest BCUT2D eigenvalue weighted by molar-refractivity contribution is -0.233. The molecule has 2 atom stereocenters. The highest BCUT2D eigenvalue weighted by molar-refractivity contribution is 4.96. The van der Waals surface area contributed by atoms with Gasteiger partial charge in [-0.1, -0.05) is 31.9 Å². The van der Waals surface area contributed by atoms with Crippen molar-refractivity contribution in [1.29, 1.82) is 0 Å². The molecule has 0 N–H and O–H groups in total. The second-order valence-corrected chi connectivity index (χ2v) is 6.66.